The first-order valence-electron chi connectivity index (χ1n) is 8.62. The fourth-order valence-corrected chi connectivity index (χ4v) is 4.24. The molecule has 150 valence electrons. The molecule has 0 spiro atoms. The monoisotopic (exact) mass is 476 g/mol. The molecule has 0 aliphatic rings. The quantitative estimate of drug-likeness (QED) is 0.527. The van der Waals surface area contributed by atoms with E-state index in [1.54, 1.807) is 25.1 Å². The predicted octanol–water partition coefficient (Wildman–Crippen LogP) is 5.26. The lowest BCUT2D eigenvalue weighted by Gasteiger charge is -2.12. The highest BCUT2D eigenvalue weighted by Crippen LogP contribution is 2.26. The minimum atomic E-state index is -3.92. The van der Waals surface area contributed by atoms with Crippen LogP contribution in [-0.2, 0) is 10.0 Å². The Kier molecular flexibility index (Phi) is 6.04. The van der Waals surface area contributed by atoms with Crippen molar-refractivity contribution in [2.24, 2.45) is 0 Å². The maximum Gasteiger partial charge on any atom is 0.261 e. The van der Waals surface area contributed by atoms with E-state index >= 15 is 0 Å². The predicted molar refractivity (Wildman–Crippen MR) is 115 cm³/mol. The van der Waals surface area contributed by atoms with Crippen molar-refractivity contribution in [3.8, 4) is 0 Å². The van der Waals surface area contributed by atoms with E-state index in [1.165, 1.54) is 36.4 Å². The smallest absolute Gasteiger partial charge is 0.261 e. The van der Waals surface area contributed by atoms with Crippen LogP contribution >= 0.6 is 15.9 Å². The zero-order valence-corrected chi connectivity index (χ0v) is 18.1. The SMILES string of the molecule is Cc1ccc(Br)c(NS(=O)(=O)c2cccc(C(=O)Nc3cc(F)ccc3C)c2)c1. The van der Waals surface area contributed by atoms with Crippen molar-refractivity contribution in [1.29, 1.82) is 0 Å². The molecule has 8 heteroatoms. The van der Waals surface area contributed by atoms with Crippen LogP contribution < -0.4 is 10.0 Å². The molecular formula is C21H18BrFN2O3S. The van der Waals surface area contributed by atoms with Gasteiger partial charge in [-0.05, 0) is 83.4 Å². The van der Waals surface area contributed by atoms with Gasteiger partial charge in [0.25, 0.3) is 15.9 Å². The van der Waals surface area contributed by atoms with Gasteiger partial charge in [-0.3, -0.25) is 9.52 Å². The lowest BCUT2D eigenvalue weighted by molar-refractivity contribution is 0.102. The van der Waals surface area contributed by atoms with Crippen LogP contribution in [0.15, 0.2) is 70.0 Å². The number of nitrogens with one attached hydrogen (secondary N) is 2. The number of benzene rings is 3. The molecule has 0 fully saturated rings. The Morgan fingerprint density at radius 1 is 0.966 bits per heavy atom. The van der Waals surface area contributed by atoms with Crippen molar-refractivity contribution in [3.05, 3.63) is 87.6 Å². The highest BCUT2D eigenvalue weighted by molar-refractivity contribution is 9.10. The van der Waals surface area contributed by atoms with Crippen LogP contribution in [0.3, 0.4) is 0 Å². The Bertz CT molecular complexity index is 1200. The molecule has 0 heterocycles. The molecule has 0 bridgehead atoms. The molecule has 3 aromatic rings. The fourth-order valence-electron chi connectivity index (χ4n) is 2.65. The maximum atomic E-state index is 13.4. The van der Waals surface area contributed by atoms with E-state index in [2.05, 4.69) is 26.0 Å². The number of carbonyl (C=O) groups is 1. The van der Waals surface area contributed by atoms with E-state index in [4.69, 9.17) is 0 Å². The Balaban J connectivity index is 1.87. The minimum absolute atomic E-state index is 0.0606. The van der Waals surface area contributed by atoms with Crippen molar-refractivity contribution in [3.63, 3.8) is 0 Å². The van der Waals surface area contributed by atoms with Crippen LogP contribution in [0, 0.1) is 19.7 Å². The summed E-state index contributed by atoms with van der Waals surface area (Å²) in [6.45, 7) is 3.59. The lowest BCUT2D eigenvalue weighted by Crippen LogP contribution is -2.16. The molecule has 0 unspecified atom stereocenters. The number of rotatable bonds is 5. The van der Waals surface area contributed by atoms with Gasteiger partial charge in [0.1, 0.15) is 5.82 Å². The summed E-state index contributed by atoms with van der Waals surface area (Å²) in [7, 11) is -3.92. The summed E-state index contributed by atoms with van der Waals surface area (Å²) < 4.78 is 42.1. The van der Waals surface area contributed by atoms with E-state index < -0.39 is 21.7 Å². The van der Waals surface area contributed by atoms with E-state index in [9.17, 15) is 17.6 Å². The Morgan fingerprint density at radius 3 is 2.48 bits per heavy atom. The average Bonchev–Trinajstić information content (AvgIpc) is 2.67. The zero-order chi connectivity index (χ0) is 21.2. The molecule has 0 radical (unpaired) electrons. The first-order valence-corrected chi connectivity index (χ1v) is 10.9. The van der Waals surface area contributed by atoms with Gasteiger partial charge in [0.05, 0.1) is 10.6 Å². The summed E-state index contributed by atoms with van der Waals surface area (Å²) in [5.74, 6) is -1.01. The summed E-state index contributed by atoms with van der Waals surface area (Å²) in [5, 5.41) is 2.61. The molecule has 5 nitrogen and oxygen atoms in total. The molecule has 0 aromatic heterocycles. The number of amides is 1. The summed E-state index contributed by atoms with van der Waals surface area (Å²) in [5.41, 5.74) is 2.44. The molecule has 0 aliphatic carbocycles. The zero-order valence-electron chi connectivity index (χ0n) is 15.7. The van der Waals surface area contributed by atoms with Crippen LogP contribution in [0.25, 0.3) is 0 Å². The first-order chi connectivity index (χ1) is 13.7. The molecule has 1 amide bonds. The number of halogens is 2. The third kappa shape index (κ3) is 5.02. The van der Waals surface area contributed by atoms with E-state index in [1.807, 2.05) is 13.0 Å². The molecule has 3 aromatic carbocycles. The molecule has 29 heavy (non-hydrogen) atoms. The molecule has 0 saturated carbocycles. The van der Waals surface area contributed by atoms with Crippen LogP contribution in [0.1, 0.15) is 21.5 Å². The van der Waals surface area contributed by atoms with Crippen molar-refractivity contribution in [2.75, 3.05) is 10.0 Å². The van der Waals surface area contributed by atoms with E-state index in [0.29, 0.717) is 21.4 Å². The van der Waals surface area contributed by atoms with Gasteiger partial charge < -0.3 is 5.32 Å². The largest absolute Gasteiger partial charge is 0.322 e. The van der Waals surface area contributed by atoms with Crippen molar-refractivity contribution in [1.82, 2.24) is 0 Å². The Morgan fingerprint density at radius 2 is 1.72 bits per heavy atom. The van der Waals surface area contributed by atoms with Gasteiger partial charge >= 0.3 is 0 Å². The lowest BCUT2D eigenvalue weighted by atomic mass is 10.1. The second-order valence-electron chi connectivity index (χ2n) is 6.53. The standard InChI is InChI=1S/C21H18BrFN2O3S/c1-13-6-9-18(22)20(10-13)25-29(27,28)17-5-3-4-15(11-17)21(26)24-19-12-16(23)8-7-14(19)2/h3-12,25H,1-2H3,(H,24,26). The summed E-state index contributed by atoms with van der Waals surface area (Å²) >= 11 is 3.32. The summed E-state index contributed by atoms with van der Waals surface area (Å²) in [6.07, 6.45) is 0. The normalized spacial score (nSPS) is 11.2. The number of carbonyl (C=O) groups excluding carboxylic acids is 1. The minimum Gasteiger partial charge on any atom is -0.322 e. The van der Waals surface area contributed by atoms with Crippen molar-refractivity contribution in [2.45, 2.75) is 18.7 Å². The van der Waals surface area contributed by atoms with E-state index in [-0.39, 0.29) is 10.5 Å². The highest BCUT2D eigenvalue weighted by Gasteiger charge is 2.18. The summed E-state index contributed by atoms with van der Waals surface area (Å²) in [4.78, 5) is 12.5. The average molecular weight is 477 g/mol. The van der Waals surface area contributed by atoms with Crippen LogP contribution in [-0.4, -0.2) is 14.3 Å². The van der Waals surface area contributed by atoms with Gasteiger partial charge in [0.2, 0.25) is 0 Å². The van der Waals surface area contributed by atoms with Crippen molar-refractivity contribution < 1.29 is 17.6 Å². The molecule has 0 saturated heterocycles. The summed E-state index contributed by atoms with van der Waals surface area (Å²) in [6, 6.07) is 15.0. The van der Waals surface area contributed by atoms with Gasteiger partial charge in [-0.15, -0.1) is 0 Å². The molecule has 2 N–H and O–H groups in total. The maximum absolute atomic E-state index is 13.4. The molecule has 0 atom stereocenters. The number of aryl methyl sites for hydroxylation is 2. The second kappa shape index (κ2) is 8.34. The third-order valence-electron chi connectivity index (χ3n) is 4.22. The molecule has 3 rings (SSSR count). The van der Waals surface area contributed by atoms with Gasteiger partial charge in [-0.1, -0.05) is 18.2 Å². The number of sulfonamides is 1. The van der Waals surface area contributed by atoms with Crippen LogP contribution in [0.2, 0.25) is 0 Å². The van der Waals surface area contributed by atoms with Crippen LogP contribution in [0.5, 0.6) is 0 Å². The van der Waals surface area contributed by atoms with E-state index in [0.717, 1.165) is 5.56 Å². The topological polar surface area (TPSA) is 75.3 Å². The second-order valence-corrected chi connectivity index (χ2v) is 9.07. The Labute approximate surface area is 177 Å². The van der Waals surface area contributed by atoms with Crippen LogP contribution in [0.4, 0.5) is 15.8 Å². The fraction of sp³-hybridized carbons (Fsp3) is 0.0952. The van der Waals surface area contributed by atoms with Crippen molar-refractivity contribution >= 4 is 43.2 Å². The number of anilines is 2. The molecular weight excluding hydrogens is 459 g/mol. The number of hydrogen-bond acceptors (Lipinski definition) is 3. The third-order valence-corrected chi connectivity index (χ3v) is 6.28. The first kappa shape index (κ1) is 21.0. The molecule has 0 aliphatic heterocycles. The van der Waals surface area contributed by atoms with Gasteiger partial charge in [-0.2, -0.15) is 0 Å². The van der Waals surface area contributed by atoms with Gasteiger partial charge in [0, 0.05) is 15.7 Å². The highest BCUT2D eigenvalue weighted by atomic mass is 79.9. The number of hydrogen-bond donors (Lipinski definition) is 2. The van der Waals surface area contributed by atoms with Gasteiger partial charge in [-0.25, -0.2) is 12.8 Å². The van der Waals surface area contributed by atoms with Gasteiger partial charge in [0.15, 0.2) is 0 Å². The Hall–Kier alpha value is -2.71.